The van der Waals surface area contributed by atoms with Gasteiger partial charge < -0.3 is 10.6 Å². The molecule has 0 spiro atoms. The Labute approximate surface area is 157 Å². The summed E-state index contributed by atoms with van der Waals surface area (Å²) in [5.41, 5.74) is -0.0146. The van der Waals surface area contributed by atoms with Crippen LogP contribution in [0, 0.1) is 5.92 Å². The summed E-state index contributed by atoms with van der Waals surface area (Å²) in [7, 11) is 1.71. The quantitative estimate of drug-likeness (QED) is 0.412. The Hall–Kier alpha value is -0.990. The lowest BCUT2D eigenvalue weighted by Crippen LogP contribution is -2.42. The number of guanidine groups is 1. The Balaban J connectivity index is 0.00000208. The Morgan fingerprint density at radius 3 is 2.50 bits per heavy atom. The van der Waals surface area contributed by atoms with Gasteiger partial charge in [0.15, 0.2) is 5.96 Å². The summed E-state index contributed by atoms with van der Waals surface area (Å²) in [6, 6.07) is 6.17. The maximum atomic E-state index is 12.9. The molecule has 0 saturated heterocycles. The second-order valence-corrected chi connectivity index (χ2v) is 6.75. The number of hydrogen-bond acceptors (Lipinski definition) is 1. The molecule has 1 aromatic carbocycles. The fourth-order valence-corrected chi connectivity index (χ4v) is 2.89. The molecule has 2 saturated carbocycles. The van der Waals surface area contributed by atoms with Crippen molar-refractivity contribution in [2.45, 2.75) is 43.8 Å². The number of rotatable bonds is 4. The summed E-state index contributed by atoms with van der Waals surface area (Å²) in [6.45, 7) is 2.78. The average molecular weight is 453 g/mol. The van der Waals surface area contributed by atoms with E-state index in [0.29, 0.717) is 18.5 Å². The van der Waals surface area contributed by atoms with Gasteiger partial charge in [-0.2, -0.15) is 13.2 Å². The van der Waals surface area contributed by atoms with E-state index in [9.17, 15) is 13.2 Å². The lowest BCUT2D eigenvalue weighted by molar-refractivity contribution is -0.137. The van der Waals surface area contributed by atoms with E-state index in [-0.39, 0.29) is 29.4 Å². The number of halogens is 4. The van der Waals surface area contributed by atoms with E-state index < -0.39 is 11.7 Å². The molecule has 3 nitrogen and oxygen atoms in total. The third-order valence-corrected chi connectivity index (χ3v) is 4.91. The monoisotopic (exact) mass is 453 g/mol. The molecule has 134 valence electrons. The van der Waals surface area contributed by atoms with E-state index in [1.165, 1.54) is 12.1 Å². The molecule has 2 atom stereocenters. The molecule has 0 aliphatic heterocycles. The zero-order valence-electron chi connectivity index (χ0n) is 13.8. The van der Waals surface area contributed by atoms with Crippen molar-refractivity contribution in [2.75, 3.05) is 13.6 Å². The van der Waals surface area contributed by atoms with Crippen molar-refractivity contribution in [1.82, 2.24) is 10.6 Å². The van der Waals surface area contributed by atoms with Gasteiger partial charge in [0.05, 0.1) is 5.56 Å². The number of alkyl halides is 3. The topological polar surface area (TPSA) is 36.4 Å². The molecule has 0 bridgehead atoms. The van der Waals surface area contributed by atoms with E-state index in [4.69, 9.17) is 0 Å². The predicted molar refractivity (Wildman–Crippen MR) is 99.8 cm³/mol. The van der Waals surface area contributed by atoms with Gasteiger partial charge in [-0.15, -0.1) is 24.0 Å². The molecule has 7 heteroatoms. The maximum absolute atomic E-state index is 12.9. The summed E-state index contributed by atoms with van der Waals surface area (Å²) < 4.78 is 38.7. The lowest BCUT2D eigenvalue weighted by Gasteiger charge is -2.20. The van der Waals surface area contributed by atoms with Crippen LogP contribution in [0.1, 0.15) is 37.3 Å². The maximum Gasteiger partial charge on any atom is 0.416 e. The molecular formula is C17H23F3IN3. The highest BCUT2D eigenvalue weighted by atomic mass is 127. The Morgan fingerprint density at radius 2 is 2.00 bits per heavy atom. The van der Waals surface area contributed by atoms with E-state index in [2.05, 4.69) is 22.5 Å². The SMILES string of the molecule is CN=C(NCC1(c2cccc(C(F)(F)F)c2)CC1)NC1CC1C.I. The second kappa shape index (κ2) is 7.09. The van der Waals surface area contributed by atoms with Crippen LogP contribution in [0.2, 0.25) is 0 Å². The summed E-state index contributed by atoms with van der Waals surface area (Å²) >= 11 is 0. The van der Waals surface area contributed by atoms with E-state index >= 15 is 0 Å². The second-order valence-electron chi connectivity index (χ2n) is 6.75. The summed E-state index contributed by atoms with van der Waals surface area (Å²) in [5, 5.41) is 6.62. The van der Waals surface area contributed by atoms with Crippen LogP contribution in [-0.4, -0.2) is 25.6 Å². The third kappa shape index (κ3) is 4.34. The zero-order chi connectivity index (χ0) is 16.7. The van der Waals surface area contributed by atoms with Gasteiger partial charge in [-0.05, 0) is 36.8 Å². The Morgan fingerprint density at radius 1 is 1.33 bits per heavy atom. The molecule has 1 aromatic rings. The first-order valence-corrected chi connectivity index (χ1v) is 7.99. The van der Waals surface area contributed by atoms with Gasteiger partial charge in [0.2, 0.25) is 0 Å². The van der Waals surface area contributed by atoms with Gasteiger partial charge in [-0.3, -0.25) is 4.99 Å². The Kier molecular flexibility index (Phi) is 5.71. The average Bonchev–Trinajstić information content (AvgIpc) is 3.42. The number of nitrogens with zero attached hydrogens (tertiary/aromatic N) is 1. The van der Waals surface area contributed by atoms with E-state index in [1.54, 1.807) is 13.1 Å². The zero-order valence-corrected chi connectivity index (χ0v) is 16.1. The molecule has 2 N–H and O–H groups in total. The first-order valence-electron chi connectivity index (χ1n) is 7.99. The minimum Gasteiger partial charge on any atom is -0.356 e. The van der Waals surface area contributed by atoms with Crippen molar-refractivity contribution < 1.29 is 13.2 Å². The van der Waals surface area contributed by atoms with Gasteiger partial charge in [-0.25, -0.2) is 0 Å². The van der Waals surface area contributed by atoms with Gasteiger partial charge in [0.25, 0.3) is 0 Å². The summed E-state index contributed by atoms with van der Waals surface area (Å²) in [6.07, 6.45) is -1.35. The first-order chi connectivity index (χ1) is 10.8. The van der Waals surface area contributed by atoms with E-state index in [0.717, 1.165) is 36.9 Å². The lowest BCUT2D eigenvalue weighted by atomic mass is 9.94. The summed E-state index contributed by atoms with van der Waals surface area (Å²) in [4.78, 5) is 4.20. The van der Waals surface area contributed by atoms with Crippen LogP contribution in [-0.2, 0) is 11.6 Å². The molecule has 0 amide bonds. The van der Waals surface area contributed by atoms with Crippen molar-refractivity contribution in [3.8, 4) is 0 Å². The molecule has 2 unspecified atom stereocenters. The first kappa shape index (κ1) is 19.3. The molecule has 2 fully saturated rings. The molecule has 24 heavy (non-hydrogen) atoms. The van der Waals surface area contributed by atoms with Crippen LogP contribution >= 0.6 is 24.0 Å². The Bertz CT molecular complexity index is 611. The van der Waals surface area contributed by atoms with Crippen molar-refractivity contribution in [1.29, 1.82) is 0 Å². The van der Waals surface area contributed by atoms with Gasteiger partial charge in [0.1, 0.15) is 0 Å². The minimum atomic E-state index is -4.29. The van der Waals surface area contributed by atoms with Gasteiger partial charge >= 0.3 is 6.18 Å². The van der Waals surface area contributed by atoms with Gasteiger partial charge in [-0.1, -0.05) is 25.1 Å². The summed E-state index contributed by atoms with van der Waals surface area (Å²) in [5.74, 6) is 1.39. The third-order valence-electron chi connectivity index (χ3n) is 4.91. The van der Waals surface area contributed by atoms with Crippen molar-refractivity contribution in [3.63, 3.8) is 0 Å². The van der Waals surface area contributed by atoms with Crippen LogP contribution in [0.4, 0.5) is 13.2 Å². The van der Waals surface area contributed by atoms with Crippen molar-refractivity contribution in [2.24, 2.45) is 10.9 Å². The molecule has 0 radical (unpaired) electrons. The molecule has 2 aliphatic rings. The fourth-order valence-electron chi connectivity index (χ4n) is 2.89. The highest BCUT2D eigenvalue weighted by molar-refractivity contribution is 14.0. The van der Waals surface area contributed by atoms with Crippen LogP contribution in [0.3, 0.4) is 0 Å². The highest BCUT2D eigenvalue weighted by Crippen LogP contribution is 2.48. The van der Waals surface area contributed by atoms with Crippen LogP contribution in [0.25, 0.3) is 0 Å². The molecule has 3 rings (SSSR count). The van der Waals surface area contributed by atoms with E-state index in [1.807, 2.05) is 0 Å². The number of benzene rings is 1. The van der Waals surface area contributed by atoms with Crippen molar-refractivity contribution >= 4 is 29.9 Å². The molecule has 0 aromatic heterocycles. The minimum absolute atomic E-state index is 0. The van der Waals surface area contributed by atoms with Crippen LogP contribution in [0.5, 0.6) is 0 Å². The smallest absolute Gasteiger partial charge is 0.356 e. The standard InChI is InChI=1S/C17H22F3N3.HI/c1-11-8-14(11)23-15(21-2)22-10-16(6-7-16)12-4-3-5-13(9-12)17(18,19)20;/h3-5,9,11,14H,6-8,10H2,1-2H3,(H2,21,22,23);1H. The largest absolute Gasteiger partial charge is 0.416 e. The predicted octanol–water partition coefficient (Wildman–Crippen LogP) is 3.93. The fraction of sp³-hybridized carbons (Fsp3) is 0.588. The molecule has 0 heterocycles. The molecular weight excluding hydrogens is 430 g/mol. The number of hydrogen-bond donors (Lipinski definition) is 2. The van der Waals surface area contributed by atoms with Crippen LogP contribution in [0.15, 0.2) is 29.3 Å². The number of aliphatic imine (C=N–C) groups is 1. The molecule has 2 aliphatic carbocycles. The number of nitrogens with one attached hydrogen (secondary N) is 2. The highest BCUT2D eigenvalue weighted by Gasteiger charge is 2.45. The van der Waals surface area contributed by atoms with Gasteiger partial charge in [0, 0.05) is 25.0 Å². The normalized spacial score (nSPS) is 24.8. The van der Waals surface area contributed by atoms with Crippen molar-refractivity contribution in [3.05, 3.63) is 35.4 Å². The van der Waals surface area contributed by atoms with Crippen LogP contribution < -0.4 is 10.6 Å².